The number of nitrogens with one attached hydrogen (secondary N) is 2. The zero-order chi connectivity index (χ0) is 23.8. The number of amides is 2. The van der Waals surface area contributed by atoms with E-state index in [9.17, 15) is 22.4 Å². The monoisotopic (exact) mass is 482 g/mol. The van der Waals surface area contributed by atoms with Gasteiger partial charge in [0, 0.05) is 12.3 Å². The molecule has 1 atom stereocenters. The van der Waals surface area contributed by atoms with Gasteiger partial charge in [0.25, 0.3) is 15.8 Å². The lowest BCUT2D eigenvalue weighted by atomic mass is 9.84. The highest BCUT2D eigenvalue weighted by Crippen LogP contribution is 2.31. The fraction of sp³-hybridized carbons (Fsp3) is 0.524. The third kappa shape index (κ3) is 7.06. The van der Waals surface area contributed by atoms with Crippen molar-refractivity contribution in [2.45, 2.75) is 68.6 Å². The van der Waals surface area contributed by atoms with E-state index in [2.05, 4.69) is 10.1 Å². The Hall–Kier alpha value is -2.86. The van der Waals surface area contributed by atoms with Crippen LogP contribution < -0.4 is 10.2 Å². The molecule has 1 aromatic heterocycles. The highest BCUT2D eigenvalue weighted by Gasteiger charge is 2.27. The highest BCUT2D eigenvalue weighted by molar-refractivity contribution is 7.90. The van der Waals surface area contributed by atoms with Crippen LogP contribution in [0.15, 0.2) is 33.7 Å². The van der Waals surface area contributed by atoms with Crippen LogP contribution in [0, 0.1) is 11.7 Å². The van der Waals surface area contributed by atoms with Gasteiger partial charge >= 0.3 is 5.91 Å². The highest BCUT2D eigenvalue weighted by atomic mass is 32.2. The standard InChI is InChI=1S/C21H27FN4O6S/c22-16-9-11-17(12-10-16)33(30,31)26-20(28)19-23-21(32-25-19)15(13-18(27)24-29)8-4-7-14-5-2-1-3-6-14/h9-12,14-15,29H,1-8,13H2,(H,24,27)(H,26,28)/t15-/m1/s1. The van der Waals surface area contributed by atoms with Crippen molar-refractivity contribution in [2.24, 2.45) is 5.92 Å². The van der Waals surface area contributed by atoms with Gasteiger partial charge in [-0.1, -0.05) is 50.1 Å². The van der Waals surface area contributed by atoms with Gasteiger partial charge in [-0.3, -0.25) is 14.8 Å². The number of rotatable bonds is 10. The molecular weight excluding hydrogens is 455 g/mol. The van der Waals surface area contributed by atoms with Crippen LogP contribution in [0.2, 0.25) is 0 Å². The van der Waals surface area contributed by atoms with E-state index in [1.807, 2.05) is 0 Å². The molecule has 180 valence electrons. The van der Waals surface area contributed by atoms with E-state index in [4.69, 9.17) is 9.73 Å². The number of hydrogen-bond acceptors (Lipinski definition) is 8. The number of aromatic nitrogens is 2. The molecule has 12 heteroatoms. The third-order valence-corrected chi connectivity index (χ3v) is 7.14. The Morgan fingerprint density at radius 1 is 1.18 bits per heavy atom. The van der Waals surface area contributed by atoms with Gasteiger partial charge in [0.05, 0.1) is 4.90 Å². The van der Waals surface area contributed by atoms with Crippen LogP contribution in [0.25, 0.3) is 0 Å². The Kier molecular flexibility index (Phi) is 8.50. The van der Waals surface area contributed by atoms with E-state index in [1.54, 1.807) is 10.2 Å². The first-order chi connectivity index (χ1) is 15.8. The topological polar surface area (TPSA) is 151 Å². The first kappa shape index (κ1) is 24.8. The van der Waals surface area contributed by atoms with Crippen LogP contribution in [0.1, 0.15) is 80.2 Å². The molecule has 2 aromatic rings. The smallest absolute Gasteiger partial charge is 0.306 e. The van der Waals surface area contributed by atoms with Crippen molar-refractivity contribution in [3.05, 3.63) is 41.8 Å². The number of nitrogens with zero attached hydrogens (tertiary/aromatic N) is 2. The van der Waals surface area contributed by atoms with Crippen molar-refractivity contribution in [3.63, 3.8) is 0 Å². The molecule has 33 heavy (non-hydrogen) atoms. The number of halogens is 1. The number of sulfonamides is 1. The first-order valence-electron chi connectivity index (χ1n) is 10.9. The normalized spacial score (nSPS) is 15.7. The molecular formula is C21H27FN4O6S. The fourth-order valence-electron chi connectivity index (χ4n) is 4.04. The Morgan fingerprint density at radius 3 is 2.55 bits per heavy atom. The largest absolute Gasteiger partial charge is 0.338 e. The van der Waals surface area contributed by atoms with Crippen molar-refractivity contribution in [1.29, 1.82) is 0 Å². The summed E-state index contributed by atoms with van der Waals surface area (Å²) in [6, 6.07) is 3.94. The molecule has 0 bridgehead atoms. The molecule has 10 nitrogen and oxygen atoms in total. The summed E-state index contributed by atoms with van der Waals surface area (Å²) in [6.07, 6.45) is 8.29. The molecule has 1 aromatic carbocycles. The van der Waals surface area contributed by atoms with Crippen LogP contribution in [0.3, 0.4) is 0 Å². The number of hydroxylamine groups is 1. The van der Waals surface area contributed by atoms with Gasteiger partial charge in [0.2, 0.25) is 11.8 Å². The number of carbonyl (C=O) groups is 2. The summed E-state index contributed by atoms with van der Waals surface area (Å²) in [4.78, 5) is 27.8. The minimum atomic E-state index is -4.27. The molecule has 1 saturated carbocycles. The lowest BCUT2D eigenvalue weighted by molar-refractivity contribution is -0.129. The molecule has 1 heterocycles. The number of hydrogen-bond donors (Lipinski definition) is 3. The minimum absolute atomic E-state index is 0.00609. The average Bonchev–Trinajstić information content (AvgIpc) is 3.29. The maximum atomic E-state index is 13.0. The summed E-state index contributed by atoms with van der Waals surface area (Å²) in [5.74, 6) is -2.79. The summed E-state index contributed by atoms with van der Waals surface area (Å²) in [5, 5.41) is 12.4. The van der Waals surface area contributed by atoms with E-state index in [1.165, 1.54) is 32.1 Å². The minimum Gasteiger partial charge on any atom is -0.338 e. The zero-order valence-corrected chi connectivity index (χ0v) is 18.8. The Bertz CT molecular complexity index is 1050. The quantitative estimate of drug-likeness (QED) is 0.345. The molecule has 0 radical (unpaired) electrons. The first-order valence-corrected chi connectivity index (χ1v) is 12.4. The Balaban J connectivity index is 1.65. The molecule has 1 aliphatic carbocycles. The molecule has 3 rings (SSSR count). The van der Waals surface area contributed by atoms with E-state index >= 15 is 0 Å². The summed E-state index contributed by atoms with van der Waals surface area (Å²) in [6.45, 7) is 0. The fourth-order valence-corrected chi connectivity index (χ4v) is 4.99. The molecule has 0 spiro atoms. The Labute approximate surface area is 191 Å². The van der Waals surface area contributed by atoms with Crippen molar-refractivity contribution in [3.8, 4) is 0 Å². The number of carbonyl (C=O) groups excluding carboxylic acids is 2. The van der Waals surface area contributed by atoms with Crippen molar-refractivity contribution < 1.29 is 32.1 Å². The van der Waals surface area contributed by atoms with Crippen LogP contribution in [-0.4, -0.2) is 35.6 Å². The second-order valence-corrected chi connectivity index (χ2v) is 9.90. The third-order valence-electron chi connectivity index (χ3n) is 5.79. The molecule has 3 N–H and O–H groups in total. The van der Waals surface area contributed by atoms with E-state index in [0.29, 0.717) is 12.3 Å². The van der Waals surface area contributed by atoms with Gasteiger partial charge < -0.3 is 4.52 Å². The van der Waals surface area contributed by atoms with Crippen LogP contribution in [-0.2, 0) is 14.8 Å². The summed E-state index contributed by atoms with van der Waals surface area (Å²) < 4.78 is 44.6. The molecule has 2 amide bonds. The molecule has 1 aliphatic rings. The van der Waals surface area contributed by atoms with Gasteiger partial charge in [-0.2, -0.15) is 4.98 Å². The Morgan fingerprint density at radius 2 is 1.88 bits per heavy atom. The van der Waals surface area contributed by atoms with Crippen LogP contribution in [0.4, 0.5) is 4.39 Å². The zero-order valence-electron chi connectivity index (χ0n) is 18.0. The number of benzene rings is 1. The van der Waals surface area contributed by atoms with E-state index < -0.39 is 39.4 Å². The maximum absolute atomic E-state index is 13.0. The molecule has 0 aliphatic heterocycles. The van der Waals surface area contributed by atoms with Gasteiger partial charge in [-0.05, 0) is 36.6 Å². The average molecular weight is 483 g/mol. The van der Waals surface area contributed by atoms with E-state index in [0.717, 1.165) is 37.1 Å². The summed E-state index contributed by atoms with van der Waals surface area (Å²) >= 11 is 0. The predicted molar refractivity (Wildman–Crippen MR) is 113 cm³/mol. The van der Waals surface area contributed by atoms with Gasteiger partial charge in [0.1, 0.15) is 5.82 Å². The molecule has 1 fully saturated rings. The lowest BCUT2D eigenvalue weighted by Gasteiger charge is -2.22. The molecule has 0 saturated heterocycles. The van der Waals surface area contributed by atoms with Gasteiger partial charge in [-0.25, -0.2) is 23.0 Å². The van der Waals surface area contributed by atoms with Gasteiger partial charge in [-0.15, -0.1) is 0 Å². The molecule has 0 unspecified atom stereocenters. The summed E-state index contributed by atoms with van der Waals surface area (Å²) in [5.41, 5.74) is 1.57. The summed E-state index contributed by atoms with van der Waals surface area (Å²) in [7, 11) is -4.27. The van der Waals surface area contributed by atoms with Gasteiger partial charge in [0.15, 0.2) is 0 Å². The van der Waals surface area contributed by atoms with E-state index in [-0.39, 0.29) is 17.2 Å². The SMILES string of the molecule is O=C(C[C@@H](CCCC1CCCCC1)c1nc(C(=O)NS(=O)(=O)c2ccc(F)cc2)no1)NO. The lowest BCUT2D eigenvalue weighted by Crippen LogP contribution is -2.31. The second-order valence-electron chi connectivity index (χ2n) is 8.22. The predicted octanol–water partition coefficient (Wildman–Crippen LogP) is 3.06. The van der Waals surface area contributed by atoms with Crippen LogP contribution in [0.5, 0.6) is 0 Å². The van der Waals surface area contributed by atoms with Crippen molar-refractivity contribution in [2.75, 3.05) is 0 Å². The van der Waals surface area contributed by atoms with Crippen molar-refractivity contribution in [1.82, 2.24) is 20.3 Å². The van der Waals surface area contributed by atoms with Crippen LogP contribution >= 0.6 is 0 Å². The maximum Gasteiger partial charge on any atom is 0.306 e. The van der Waals surface area contributed by atoms with Crippen molar-refractivity contribution >= 4 is 21.8 Å². The second kappa shape index (κ2) is 11.3.